The average Bonchev–Trinajstić information content (AvgIpc) is 2.41. The van der Waals surface area contributed by atoms with Gasteiger partial charge in [0, 0.05) is 6.04 Å². The summed E-state index contributed by atoms with van der Waals surface area (Å²) in [5.74, 6) is 0.873. The van der Waals surface area contributed by atoms with Crippen molar-refractivity contribution in [2.24, 2.45) is 5.92 Å². The molecule has 1 rings (SSSR count). The second-order valence-electron chi connectivity index (χ2n) is 6.34. The molecular weight excluding hydrogens is 242 g/mol. The van der Waals surface area contributed by atoms with E-state index in [4.69, 9.17) is 0 Å². The summed E-state index contributed by atoms with van der Waals surface area (Å²) < 4.78 is 0. The molecule has 0 saturated heterocycles. The van der Waals surface area contributed by atoms with Crippen molar-refractivity contribution in [3.05, 3.63) is 34.9 Å². The molecule has 2 unspecified atom stereocenters. The zero-order valence-electron chi connectivity index (χ0n) is 14.1. The summed E-state index contributed by atoms with van der Waals surface area (Å²) in [5.41, 5.74) is 4.24. The Bertz CT molecular complexity index is 363. The van der Waals surface area contributed by atoms with Gasteiger partial charge in [-0.3, -0.25) is 0 Å². The number of benzene rings is 1. The molecule has 1 N–H and O–H groups in total. The number of nitrogens with one attached hydrogen (secondary N) is 1. The largest absolute Gasteiger partial charge is 0.317 e. The zero-order valence-corrected chi connectivity index (χ0v) is 14.1. The average molecular weight is 275 g/mol. The normalized spacial score (nSPS) is 14.2. The lowest BCUT2D eigenvalue weighted by Gasteiger charge is -2.23. The number of unbranched alkanes of at least 4 members (excludes halogenated alkanes) is 1. The van der Waals surface area contributed by atoms with Crippen LogP contribution in [0.1, 0.15) is 62.6 Å². The molecule has 20 heavy (non-hydrogen) atoms. The summed E-state index contributed by atoms with van der Waals surface area (Å²) in [4.78, 5) is 0. The van der Waals surface area contributed by atoms with Crippen molar-refractivity contribution in [2.45, 2.75) is 72.3 Å². The summed E-state index contributed by atoms with van der Waals surface area (Å²) in [7, 11) is 2.11. The van der Waals surface area contributed by atoms with Crippen LogP contribution in [0.2, 0.25) is 0 Å². The van der Waals surface area contributed by atoms with E-state index >= 15 is 0 Å². The third-order valence-corrected chi connectivity index (χ3v) is 4.33. The third kappa shape index (κ3) is 6.09. The molecule has 0 spiro atoms. The van der Waals surface area contributed by atoms with Gasteiger partial charge < -0.3 is 5.32 Å². The van der Waals surface area contributed by atoms with Crippen molar-refractivity contribution >= 4 is 0 Å². The summed E-state index contributed by atoms with van der Waals surface area (Å²) in [6.45, 7) is 9.02. The highest BCUT2D eigenvalue weighted by atomic mass is 14.9. The molecule has 0 aliphatic heterocycles. The van der Waals surface area contributed by atoms with Gasteiger partial charge in [0.25, 0.3) is 0 Å². The van der Waals surface area contributed by atoms with Gasteiger partial charge in [0.05, 0.1) is 0 Å². The summed E-state index contributed by atoms with van der Waals surface area (Å²) in [6, 6.07) is 7.54. The summed E-state index contributed by atoms with van der Waals surface area (Å²) in [6.07, 6.45) is 7.85. The van der Waals surface area contributed by atoms with Crippen LogP contribution in [0.4, 0.5) is 0 Å². The lowest BCUT2D eigenvalue weighted by atomic mass is 9.89. The molecule has 0 fully saturated rings. The van der Waals surface area contributed by atoms with Crippen LogP contribution in [0.5, 0.6) is 0 Å². The molecule has 0 aromatic heterocycles. The Hall–Kier alpha value is -0.820. The minimum Gasteiger partial charge on any atom is -0.317 e. The van der Waals surface area contributed by atoms with Crippen LogP contribution in [0.15, 0.2) is 18.2 Å². The first-order valence-corrected chi connectivity index (χ1v) is 8.33. The smallest absolute Gasteiger partial charge is 0.0107 e. The Morgan fingerprint density at radius 1 is 1.05 bits per heavy atom. The Morgan fingerprint density at radius 3 is 2.20 bits per heavy atom. The monoisotopic (exact) mass is 275 g/mol. The molecule has 0 aliphatic carbocycles. The number of likely N-dealkylation sites (N-methyl/N-ethyl adjacent to an activating group) is 1. The van der Waals surface area contributed by atoms with Crippen molar-refractivity contribution in [1.29, 1.82) is 0 Å². The molecule has 0 heterocycles. The van der Waals surface area contributed by atoms with E-state index in [9.17, 15) is 0 Å². The minimum atomic E-state index is 0.609. The van der Waals surface area contributed by atoms with Crippen LogP contribution >= 0.6 is 0 Å². The Balaban J connectivity index is 2.61. The minimum absolute atomic E-state index is 0.609. The fourth-order valence-electron chi connectivity index (χ4n) is 3.16. The first-order valence-electron chi connectivity index (χ1n) is 8.33. The van der Waals surface area contributed by atoms with Gasteiger partial charge in [0.2, 0.25) is 0 Å². The van der Waals surface area contributed by atoms with E-state index in [0.29, 0.717) is 6.04 Å². The lowest BCUT2D eigenvalue weighted by molar-refractivity contribution is 0.358. The maximum absolute atomic E-state index is 3.53. The fraction of sp³-hybridized carbons (Fsp3) is 0.684. The van der Waals surface area contributed by atoms with Crippen LogP contribution in [-0.4, -0.2) is 13.1 Å². The van der Waals surface area contributed by atoms with E-state index in [0.717, 1.165) is 12.3 Å². The molecule has 1 heteroatoms. The van der Waals surface area contributed by atoms with Gasteiger partial charge in [0.15, 0.2) is 0 Å². The second kappa shape index (κ2) is 9.18. The van der Waals surface area contributed by atoms with Crippen LogP contribution in [0.3, 0.4) is 0 Å². The molecule has 0 saturated carbocycles. The van der Waals surface area contributed by atoms with Gasteiger partial charge in [-0.05, 0) is 45.2 Å². The predicted octanol–water partition coefficient (Wildman–Crippen LogP) is 5.04. The highest BCUT2D eigenvalue weighted by Gasteiger charge is 2.14. The third-order valence-electron chi connectivity index (χ3n) is 4.33. The SMILES string of the molecule is CCCCC(CC)CC(Cc1cc(C)cc(C)c1)NC. The molecule has 0 aliphatic rings. The van der Waals surface area contributed by atoms with Gasteiger partial charge in [-0.1, -0.05) is 68.9 Å². The van der Waals surface area contributed by atoms with Crippen molar-refractivity contribution in [3.8, 4) is 0 Å². The van der Waals surface area contributed by atoms with E-state index in [1.165, 1.54) is 48.8 Å². The summed E-state index contributed by atoms with van der Waals surface area (Å²) in [5, 5.41) is 3.53. The van der Waals surface area contributed by atoms with Crippen LogP contribution < -0.4 is 5.32 Å². The second-order valence-corrected chi connectivity index (χ2v) is 6.34. The number of rotatable bonds is 9. The van der Waals surface area contributed by atoms with E-state index < -0.39 is 0 Å². The summed E-state index contributed by atoms with van der Waals surface area (Å²) >= 11 is 0. The highest BCUT2D eigenvalue weighted by Crippen LogP contribution is 2.21. The highest BCUT2D eigenvalue weighted by molar-refractivity contribution is 5.29. The predicted molar refractivity (Wildman–Crippen MR) is 90.4 cm³/mol. The van der Waals surface area contributed by atoms with Crippen LogP contribution in [-0.2, 0) is 6.42 Å². The maximum Gasteiger partial charge on any atom is 0.0107 e. The van der Waals surface area contributed by atoms with E-state index in [1.54, 1.807) is 0 Å². The molecule has 0 radical (unpaired) electrons. The fourth-order valence-corrected chi connectivity index (χ4v) is 3.16. The van der Waals surface area contributed by atoms with Crippen LogP contribution in [0, 0.1) is 19.8 Å². The molecule has 2 atom stereocenters. The standard InChI is InChI=1S/C19H33N/c1-6-8-9-17(7-2)13-19(20-5)14-18-11-15(3)10-16(4)12-18/h10-12,17,19-20H,6-9,13-14H2,1-5H3. The molecule has 1 nitrogen and oxygen atoms in total. The lowest BCUT2D eigenvalue weighted by Crippen LogP contribution is -2.30. The molecule has 1 aromatic rings. The topological polar surface area (TPSA) is 12.0 Å². The first kappa shape index (κ1) is 17.2. The number of hydrogen-bond donors (Lipinski definition) is 1. The van der Waals surface area contributed by atoms with Gasteiger partial charge >= 0.3 is 0 Å². The zero-order chi connectivity index (χ0) is 15.0. The molecule has 0 amide bonds. The van der Waals surface area contributed by atoms with Crippen molar-refractivity contribution in [3.63, 3.8) is 0 Å². The first-order chi connectivity index (χ1) is 9.58. The van der Waals surface area contributed by atoms with Gasteiger partial charge in [0.1, 0.15) is 0 Å². The van der Waals surface area contributed by atoms with Crippen LogP contribution in [0.25, 0.3) is 0 Å². The van der Waals surface area contributed by atoms with Gasteiger partial charge in [-0.15, -0.1) is 0 Å². The van der Waals surface area contributed by atoms with Crippen molar-refractivity contribution in [2.75, 3.05) is 7.05 Å². The number of aryl methyl sites for hydroxylation is 2. The van der Waals surface area contributed by atoms with Gasteiger partial charge in [-0.25, -0.2) is 0 Å². The Labute approximate surface area is 126 Å². The maximum atomic E-state index is 3.53. The Morgan fingerprint density at radius 2 is 1.70 bits per heavy atom. The van der Waals surface area contributed by atoms with Gasteiger partial charge in [-0.2, -0.15) is 0 Å². The van der Waals surface area contributed by atoms with Crippen molar-refractivity contribution < 1.29 is 0 Å². The molecular formula is C19H33N. The quantitative estimate of drug-likeness (QED) is 0.665. The van der Waals surface area contributed by atoms with E-state index in [2.05, 4.69) is 58.3 Å². The van der Waals surface area contributed by atoms with Crippen molar-refractivity contribution in [1.82, 2.24) is 5.32 Å². The van der Waals surface area contributed by atoms with E-state index in [1.807, 2.05) is 0 Å². The van der Waals surface area contributed by atoms with E-state index in [-0.39, 0.29) is 0 Å². The molecule has 1 aromatic carbocycles. The molecule has 0 bridgehead atoms. The molecule has 114 valence electrons. The Kier molecular flexibility index (Phi) is 7.91. The number of hydrogen-bond acceptors (Lipinski definition) is 1.